The van der Waals surface area contributed by atoms with Crippen molar-refractivity contribution in [2.24, 2.45) is 0 Å². The first kappa shape index (κ1) is 19.1. The Morgan fingerprint density at radius 2 is 1.76 bits per heavy atom. The summed E-state index contributed by atoms with van der Waals surface area (Å²) >= 11 is 6.14. The fourth-order valence-electron chi connectivity index (χ4n) is 2.77. The second kappa shape index (κ2) is 6.96. The minimum Gasteiger partial charge on any atom is -0.395 e. The summed E-state index contributed by atoms with van der Waals surface area (Å²) in [4.78, 5) is 12.2. The first-order valence-corrected chi connectivity index (χ1v) is 8.44. The molecule has 2 heterocycles. The van der Waals surface area contributed by atoms with Gasteiger partial charge in [-0.1, -0.05) is 23.7 Å². The van der Waals surface area contributed by atoms with Gasteiger partial charge in [0.25, 0.3) is 5.91 Å². The van der Waals surface area contributed by atoms with Crippen LogP contribution in [0.25, 0.3) is 11.1 Å². The fraction of sp³-hybridized carbons (Fsp3) is 0.111. The third kappa shape index (κ3) is 3.70. The number of amides is 1. The summed E-state index contributed by atoms with van der Waals surface area (Å²) in [6.07, 6.45) is -2.67. The lowest BCUT2D eigenvalue weighted by atomic mass is 10.0. The molecule has 0 saturated heterocycles. The molecular formula is C18H10ClF4N3O3. The van der Waals surface area contributed by atoms with Crippen LogP contribution in [0.15, 0.2) is 48.7 Å². The quantitative estimate of drug-likeness (QED) is 0.583. The van der Waals surface area contributed by atoms with E-state index in [1.165, 1.54) is 24.3 Å². The monoisotopic (exact) mass is 427 g/mol. The van der Waals surface area contributed by atoms with Crippen LogP contribution in [-0.2, 0) is 0 Å². The predicted octanol–water partition coefficient (Wildman–Crippen LogP) is 5.17. The van der Waals surface area contributed by atoms with E-state index in [0.29, 0.717) is 21.5 Å². The number of hydrogen-bond acceptors (Lipinski definition) is 4. The van der Waals surface area contributed by atoms with Crippen LogP contribution in [0, 0.1) is 0 Å². The number of alkyl halides is 4. The van der Waals surface area contributed by atoms with Crippen LogP contribution in [0.4, 0.5) is 23.2 Å². The maximum absolute atomic E-state index is 13.2. The molecule has 4 rings (SSSR count). The van der Waals surface area contributed by atoms with Crippen LogP contribution in [0.1, 0.15) is 17.0 Å². The molecule has 3 aromatic rings. The largest absolute Gasteiger partial charge is 0.586 e. The van der Waals surface area contributed by atoms with E-state index in [1.54, 1.807) is 12.1 Å². The molecule has 1 amide bonds. The van der Waals surface area contributed by atoms with Gasteiger partial charge in [0.15, 0.2) is 11.5 Å². The third-order valence-corrected chi connectivity index (χ3v) is 4.35. The molecule has 150 valence electrons. The number of ether oxygens (including phenoxy) is 2. The molecule has 1 aliphatic rings. The number of benzene rings is 2. The van der Waals surface area contributed by atoms with Crippen molar-refractivity contribution in [3.63, 3.8) is 0 Å². The van der Waals surface area contributed by atoms with Crippen LogP contribution in [0.5, 0.6) is 11.5 Å². The topological polar surface area (TPSA) is 65.4 Å². The molecule has 0 bridgehead atoms. The van der Waals surface area contributed by atoms with Crippen molar-refractivity contribution in [1.29, 1.82) is 0 Å². The number of rotatable bonds is 4. The molecule has 0 unspecified atom stereocenters. The Hall–Kier alpha value is -3.27. The van der Waals surface area contributed by atoms with E-state index in [0.717, 1.165) is 12.3 Å². The van der Waals surface area contributed by atoms with Gasteiger partial charge in [0.1, 0.15) is 5.69 Å². The number of hydrogen-bond donors (Lipinski definition) is 1. The minimum absolute atomic E-state index is 0.155. The van der Waals surface area contributed by atoms with E-state index in [2.05, 4.69) is 19.9 Å². The average molecular weight is 428 g/mol. The highest BCUT2D eigenvalue weighted by Crippen LogP contribution is 2.46. The summed E-state index contributed by atoms with van der Waals surface area (Å²) in [6.45, 7) is -2.95. The van der Waals surface area contributed by atoms with Crippen LogP contribution in [0.2, 0.25) is 5.02 Å². The maximum Gasteiger partial charge on any atom is 0.586 e. The Bertz CT molecular complexity index is 1090. The maximum atomic E-state index is 13.2. The van der Waals surface area contributed by atoms with E-state index < -0.39 is 18.8 Å². The smallest absolute Gasteiger partial charge is 0.395 e. The van der Waals surface area contributed by atoms with Gasteiger partial charge in [-0.2, -0.15) is 18.6 Å². The number of aromatic nitrogens is 2. The van der Waals surface area contributed by atoms with Gasteiger partial charge in [0, 0.05) is 23.5 Å². The zero-order chi connectivity index (χ0) is 20.8. The SMILES string of the molecule is O=C(Nc1ccc(-c2cc3c(cc2Cl)OC(F)(F)O3)cc1)c1ccnn1C(F)F. The van der Waals surface area contributed by atoms with Gasteiger partial charge in [-0.25, -0.2) is 0 Å². The summed E-state index contributed by atoms with van der Waals surface area (Å²) < 4.78 is 61.1. The average Bonchev–Trinajstić information content (AvgIpc) is 3.25. The van der Waals surface area contributed by atoms with Crippen molar-refractivity contribution < 1.29 is 31.8 Å². The van der Waals surface area contributed by atoms with E-state index in [1.807, 2.05) is 0 Å². The van der Waals surface area contributed by atoms with Gasteiger partial charge < -0.3 is 14.8 Å². The lowest BCUT2D eigenvalue weighted by Crippen LogP contribution is -2.25. The Labute approximate surface area is 165 Å². The molecule has 0 atom stereocenters. The number of anilines is 1. The van der Waals surface area contributed by atoms with E-state index in [-0.39, 0.29) is 22.2 Å². The first-order chi connectivity index (χ1) is 13.7. The van der Waals surface area contributed by atoms with Crippen molar-refractivity contribution in [2.75, 3.05) is 5.32 Å². The summed E-state index contributed by atoms with van der Waals surface area (Å²) in [7, 11) is 0. The molecule has 6 nitrogen and oxygen atoms in total. The van der Waals surface area contributed by atoms with Crippen molar-refractivity contribution >= 4 is 23.2 Å². The Kier molecular flexibility index (Phi) is 4.58. The van der Waals surface area contributed by atoms with Crippen molar-refractivity contribution in [3.05, 3.63) is 59.4 Å². The molecule has 2 aromatic carbocycles. The number of carbonyl (C=O) groups is 1. The molecule has 1 aliphatic heterocycles. The Morgan fingerprint density at radius 3 is 2.41 bits per heavy atom. The zero-order valence-electron chi connectivity index (χ0n) is 14.2. The summed E-state index contributed by atoms with van der Waals surface area (Å²) in [5, 5.41) is 6.03. The number of fused-ring (bicyclic) bond motifs is 1. The van der Waals surface area contributed by atoms with Crippen molar-refractivity contribution in [3.8, 4) is 22.6 Å². The standard InChI is InChI=1S/C18H10ClF4N3O3/c19-12-8-15-14(28-18(22,23)29-15)7-11(12)9-1-3-10(4-2-9)25-16(27)13-5-6-24-26(13)17(20)21/h1-8,17H,(H,25,27). The minimum atomic E-state index is -3.76. The van der Waals surface area contributed by atoms with Gasteiger partial charge >= 0.3 is 12.8 Å². The Balaban J connectivity index is 1.55. The summed E-state index contributed by atoms with van der Waals surface area (Å²) in [5.41, 5.74) is 0.973. The number of carbonyl (C=O) groups excluding carboxylic acids is 1. The van der Waals surface area contributed by atoms with Crippen LogP contribution >= 0.6 is 11.6 Å². The third-order valence-electron chi connectivity index (χ3n) is 4.03. The van der Waals surface area contributed by atoms with Gasteiger partial charge in [-0.05, 0) is 29.8 Å². The molecule has 0 radical (unpaired) electrons. The second-order valence-corrected chi connectivity index (χ2v) is 6.32. The lowest BCUT2D eigenvalue weighted by Gasteiger charge is -2.09. The van der Waals surface area contributed by atoms with Crippen LogP contribution < -0.4 is 14.8 Å². The van der Waals surface area contributed by atoms with Crippen LogP contribution in [0.3, 0.4) is 0 Å². The number of nitrogens with zero attached hydrogens (tertiary/aromatic N) is 2. The number of nitrogens with one attached hydrogen (secondary N) is 1. The highest BCUT2D eigenvalue weighted by molar-refractivity contribution is 6.33. The van der Waals surface area contributed by atoms with E-state index in [9.17, 15) is 22.4 Å². The van der Waals surface area contributed by atoms with Crippen molar-refractivity contribution in [2.45, 2.75) is 12.8 Å². The molecule has 11 heteroatoms. The first-order valence-electron chi connectivity index (χ1n) is 8.06. The van der Waals surface area contributed by atoms with Gasteiger partial charge in [0.05, 0.1) is 5.02 Å². The molecule has 0 spiro atoms. The molecule has 0 fully saturated rings. The molecule has 0 saturated carbocycles. The number of halogens is 5. The van der Waals surface area contributed by atoms with Gasteiger partial charge in [-0.15, -0.1) is 8.78 Å². The van der Waals surface area contributed by atoms with E-state index >= 15 is 0 Å². The summed E-state index contributed by atoms with van der Waals surface area (Å²) in [5.74, 6) is -1.10. The van der Waals surface area contributed by atoms with Crippen molar-refractivity contribution in [1.82, 2.24) is 9.78 Å². The van der Waals surface area contributed by atoms with Gasteiger partial charge in [-0.3, -0.25) is 4.79 Å². The fourth-order valence-corrected chi connectivity index (χ4v) is 3.03. The second-order valence-electron chi connectivity index (χ2n) is 5.92. The molecule has 29 heavy (non-hydrogen) atoms. The zero-order valence-corrected chi connectivity index (χ0v) is 15.0. The van der Waals surface area contributed by atoms with E-state index in [4.69, 9.17) is 11.6 Å². The molecular weight excluding hydrogens is 418 g/mol. The molecule has 1 N–H and O–H groups in total. The highest BCUT2D eigenvalue weighted by atomic mass is 35.5. The highest BCUT2D eigenvalue weighted by Gasteiger charge is 2.43. The molecule has 0 aliphatic carbocycles. The Morgan fingerprint density at radius 1 is 1.10 bits per heavy atom. The molecule has 1 aromatic heterocycles. The van der Waals surface area contributed by atoms with Gasteiger partial charge in [0.2, 0.25) is 0 Å². The summed E-state index contributed by atoms with van der Waals surface area (Å²) in [6, 6.07) is 9.85. The van der Waals surface area contributed by atoms with Crippen LogP contribution in [-0.4, -0.2) is 22.0 Å². The normalized spacial score (nSPS) is 14.3. The predicted molar refractivity (Wildman–Crippen MR) is 94.5 cm³/mol. The lowest BCUT2D eigenvalue weighted by molar-refractivity contribution is -0.286.